The molecule has 0 atom stereocenters. The van der Waals surface area contributed by atoms with Crippen molar-refractivity contribution in [1.29, 1.82) is 0 Å². The lowest BCUT2D eigenvalue weighted by molar-refractivity contribution is 0.577. The summed E-state index contributed by atoms with van der Waals surface area (Å²) in [6.07, 6.45) is 0. The fourth-order valence-corrected chi connectivity index (χ4v) is 2.47. The van der Waals surface area contributed by atoms with Gasteiger partial charge in [0.2, 0.25) is 0 Å². The monoisotopic (exact) mass is 259 g/mol. The van der Waals surface area contributed by atoms with Gasteiger partial charge in [0, 0.05) is 0 Å². The van der Waals surface area contributed by atoms with E-state index in [0.29, 0.717) is 5.56 Å². The molecule has 16 heavy (non-hydrogen) atoms. The van der Waals surface area contributed by atoms with E-state index in [-0.39, 0.29) is 10.0 Å². The van der Waals surface area contributed by atoms with Crippen LogP contribution in [0.5, 0.6) is 0 Å². The molecular formula is C9H13N3O2S2. The van der Waals surface area contributed by atoms with Crippen molar-refractivity contribution in [3.63, 3.8) is 0 Å². The second-order valence-electron chi connectivity index (χ2n) is 3.36. The molecular weight excluding hydrogens is 246 g/mol. The average molecular weight is 259 g/mol. The molecule has 0 radical (unpaired) electrons. The third-order valence-electron chi connectivity index (χ3n) is 1.93. The zero-order chi connectivity index (χ0) is 12.3. The zero-order valence-electron chi connectivity index (χ0n) is 8.94. The molecule has 0 saturated carbocycles. The highest BCUT2D eigenvalue weighted by Gasteiger charge is 2.16. The van der Waals surface area contributed by atoms with Gasteiger partial charge in [-0.1, -0.05) is 17.7 Å². The Morgan fingerprint density at radius 3 is 2.50 bits per heavy atom. The van der Waals surface area contributed by atoms with E-state index in [1.807, 2.05) is 6.92 Å². The Bertz CT molecular complexity index is 511. The Morgan fingerprint density at radius 2 is 2.00 bits per heavy atom. The molecule has 88 valence electrons. The molecule has 0 unspecified atom stereocenters. The molecule has 0 aromatic heterocycles. The van der Waals surface area contributed by atoms with Crippen LogP contribution in [-0.2, 0) is 10.0 Å². The first kappa shape index (κ1) is 12.9. The van der Waals surface area contributed by atoms with E-state index in [0.717, 1.165) is 5.56 Å². The van der Waals surface area contributed by atoms with Gasteiger partial charge in [-0.15, -0.1) is 4.83 Å². The van der Waals surface area contributed by atoms with E-state index in [4.69, 9.17) is 5.73 Å². The van der Waals surface area contributed by atoms with Crippen molar-refractivity contribution in [2.45, 2.75) is 18.7 Å². The molecule has 0 heterocycles. The Hall–Kier alpha value is -1.18. The Balaban J connectivity index is 3.03. The fraction of sp³-hybridized carbons (Fsp3) is 0.222. The molecule has 0 spiro atoms. The third kappa shape index (κ3) is 3.16. The number of nitrogens with two attached hydrogens (primary N) is 1. The van der Waals surface area contributed by atoms with Crippen molar-refractivity contribution in [1.82, 2.24) is 10.3 Å². The first-order valence-corrected chi connectivity index (χ1v) is 6.36. The minimum atomic E-state index is -3.63. The molecule has 0 saturated heterocycles. The summed E-state index contributed by atoms with van der Waals surface area (Å²) >= 11 is 4.51. The predicted octanol–water partition coefficient (Wildman–Crippen LogP) is 0.330. The summed E-state index contributed by atoms with van der Waals surface area (Å²) in [5, 5.41) is -0.131. The summed E-state index contributed by atoms with van der Waals surface area (Å²) in [5.74, 6) is 0. The van der Waals surface area contributed by atoms with Crippen LogP contribution in [0.1, 0.15) is 11.1 Å². The van der Waals surface area contributed by atoms with Gasteiger partial charge < -0.3 is 5.73 Å². The summed E-state index contributed by atoms with van der Waals surface area (Å²) in [7, 11) is -3.63. The second-order valence-corrected chi connectivity index (χ2v) is 5.45. The Kier molecular flexibility index (Phi) is 3.84. The molecule has 0 aliphatic heterocycles. The summed E-state index contributed by atoms with van der Waals surface area (Å²) < 4.78 is 23.6. The highest BCUT2D eigenvalue weighted by molar-refractivity contribution is 7.89. The number of sulfonamides is 1. The van der Waals surface area contributed by atoms with E-state index in [1.165, 1.54) is 6.07 Å². The normalized spacial score (nSPS) is 11.1. The standard InChI is InChI=1S/C9H13N3O2S2/c1-6-3-4-8(7(2)5-6)16(13,14)12-11-9(10)15/h3-5,12H,1-2H3,(H3,10,11,15). The van der Waals surface area contributed by atoms with Gasteiger partial charge >= 0.3 is 0 Å². The van der Waals surface area contributed by atoms with E-state index in [9.17, 15) is 8.42 Å². The third-order valence-corrected chi connectivity index (χ3v) is 3.44. The minimum absolute atomic E-state index is 0.131. The smallest absolute Gasteiger partial charge is 0.257 e. The van der Waals surface area contributed by atoms with Crippen molar-refractivity contribution < 1.29 is 8.42 Å². The summed E-state index contributed by atoms with van der Waals surface area (Å²) in [6.45, 7) is 3.62. The van der Waals surface area contributed by atoms with Gasteiger partial charge in [-0.05, 0) is 37.7 Å². The number of hydrogen-bond acceptors (Lipinski definition) is 3. The first-order valence-electron chi connectivity index (χ1n) is 4.47. The lowest BCUT2D eigenvalue weighted by atomic mass is 10.2. The van der Waals surface area contributed by atoms with Crippen LogP contribution in [0.25, 0.3) is 0 Å². The number of hydrazine groups is 1. The van der Waals surface area contributed by atoms with Crippen LogP contribution >= 0.6 is 12.2 Å². The molecule has 0 bridgehead atoms. The maximum Gasteiger partial charge on any atom is 0.257 e. The summed E-state index contributed by atoms with van der Waals surface area (Å²) in [4.78, 5) is 2.29. The lowest BCUT2D eigenvalue weighted by Gasteiger charge is -2.10. The number of thiocarbonyl (C=S) groups is 1. The van der Waals surface area contributed by atoms with E-state index >= 15 is 0 Å². The number of hydrogen-bond donors (Lipinski definition) is 3. The van der Waals surface area contributed by atoms with Crippen LogP contribution in [0.2, 0.25) is 0 Å². The maximum atomic E-state index is 11.8. The van der Waals surface area contributed by atoms with Crippen LogP contribution < -0.4 is 16.0 Å². The highest BCUT2D eigenvalue weighted by atomic mass is 32.2. The van der Waals surface area contributed by atoms with Crippen LogP contribution in [0.4, 0.5) is 0 Å². The van der Waals surface area contributed by atoms with Crippen molar-refractivity contribution in [2.24, 2.45) is 5.73 Å². The van der Waals surface area contributed by atoms with E-state index in [2.05, 4.69) is 22.5 Å². The van der Waals surface area contributed by atoms with Crippen LogP contribution in [0.15, 0.2) is 23.1 Å². The van der Waals surface area contributed by atoms with Gasteiger partial charge in [0.05, 0.1) is 4.90 Å². The van der Waals surface area contributed by atoms with Gasteiger partial charge in [0.1, 0.15) is 0 Å². The highest BCUT2D eigenvalue weighted by Crippen LogP contribution is 2.15. The van der Waals surface area contributed by atoms with E-state index in [1.54, 1.807) is 19.1 Å². The molecule has 0 amide bonds. The maximum absolute atomic E-state index is 11.8. The fourth-order valence-electron chi connectivity index (χ4n) is 1.27. The largest absolute Gasteiger partial charge is 0.375 e. The Labute approximate surface area is 100 Å². The number of nitrogens with one attached hydrogen (secondary N) is 2. The molecule has 0 aliphatic rings. The van der Waals surface area contributed by atoms with Crippen molar-refractivity contribution >= 4 is 27.4 Å². The van der Waals surface area contributed by atoms with Gasteiger partial charge in [-0.2, -0.15) is 0 Å². The quantitative estimate of drug-likeness (QED) is 0.538. The molecule has 1 aromatic carbocycles. The molecule has 5 nitrogen and oxygen atoms in total. The molecule has 1 rings (SSSR count). The topological polar surface area (TPSA) is 84.2 Å². The lowest BCUT2D eigenvalue weighted by Crippen LogP contribution is -2.44. The summed E-state index contributed by atoms with van der Waals surface area (Å²) in [5.41, 5.74) is 8.99. The van der Waals surface area contributed by atoms with Crippen LogP contribution in [0, 0.1) is 13.8 Å². The number of rotatable bonds is 3. The van der Waals surface area contributed by atoms with E-state index < -0.39 is 10.0 Å². The van der Waals surface area contributed by atoms with Crippen LogP contribution in [-0.4, -0.2) is 13.5 Å². The number of aryl methyl sites for hydroxylation is 2. The number of benzene rings is 1. The minimum Gasteiger partial charge on any atom is -0.375 e. The van der Waals surface area contributed by atoms with Gasteiger partial charge in [-0.25, -0.2) is 8.42 Å². The predicted molar refractivity (Wildman–Crippen MR) is 66.2 cm³/mol. The second kappa shape index (κ2) is 4.77. The first-order chi connectivity index (χ1) is 7.33. The Morgan fingerprint density at radius 1 is 1.38 bits per heavy atom. The molecule has 0 fully saturated rings. The van der Waals surface area contributed by atoms with Gasteiger partial charge in [-0.3, -0.25) is 5.43 Å². The van der Waals surface area contributed by atoms with Gasteiger partial charge in [0.15, 0.2) is 5.11 Å². The van der Waals surface area contributed by atoms with Crippen molar-refractivity contribution in [3.05, 3.63) is 29.3 Å². The average Bonchev–Trinajstić information content (AvgIpc) is 2.14. The SMILES string of the molecule is Cc1ccc(S(=O)(=O)NNC(N)=S)c(C)c1. The molecule has 4 N–H and O–H groups in total. The summed E-state index contributed by atoms with van der Waals surface area (Å²) in [6, 6.07) is 5.05. The van der Waals surface area contributed by atoms with Crippen LogP contribution in [0.3, 0.4) is 0 Å². The van der Waals surface area contributed by atoms with Crippen molar-refractivity contribution in [2.75, 3.05) is 0 Å². The van der Waals surface area contributed by atoms with Crippen molar-refractivity contribution in [3.8, 4) is 0 Å². The molecule has 1 aromatic rings. The zero-order valence-corrected chi connectivity index (χ0v) is 10.6. The molecule has 7 heteroatoms. The van der Waals surface area contributed by atoms with Gasteiger partial charge in [0.25, 0.3) is 10.0 Å². The molecule has 0 aliphatic carbocycles.